The second-order valence-corrected chi connectivity index (χ2v) is 8.37. The van der Waals surface area contributed by atoms with Crippen molar-refractivity contribution < 1.29 is 23.1 Å². The maximum atomic E-state index is 12.6. The first-order chi connectivity index (χ1) is 10.2. The average molecular weight is 346 g/mol. The van der Waals surface area contributed by atoms with Crippen LogP contribution in [0, 0.1) is 5.92 Å². The minimum Gasteiger partial charge on any atom is -0.481 e. The van der Waals surface area contributed by atoms with E-state index in [1.54, 1.807) is 5.38 Å². The van der Waals surface area contributed by atoms with E-state index in [1.165, 1.54) is 25.1 Å². The fourth-order valence-electron chi connectivity index (χ4n) is 2.36. The highest BCUT2D eigenvalue weighted by Gasteiger charge is 2.32. The Labute approximate surface area is 133 Å². The molecule has 122 valence electrons. The fourth-order valence-corrected chi connectivity index (χ4v) is 4.62. The van der Waals surface area contributed by atoms with Crippen LogP contribution < -0.4 is 0 Å². The smallest absolute Gasteiger partial charge is 0.308 e. The molecule has 0 aliphatic carbocycles. The monoisotopic (exact) mass is 346 g/mol. The van der Waals surface area contributed by atoms with E-state index in [0.29, 0.717) is 19.4 Å². The number of aliphatic carboxylic acids is 1. The van der Waals surface area contributed by atoms with Crippen LogP contribution in [0.5, 0.6) is 0 Å². The molecule has 0 spiro atoms. The number of carbonyl (C=O) groups excluding carboxylic acids is 1. The largest absolute Gasteiger partial charge is 0.481 e. The maximum absolute atomic E-state index is 12.6. The first-order valence-corrected chi connectivity index (χ1v) is 9.09. The summed E-state index contributed by atoms with van der Waals surface area (Å²) < 4.78 is 25.5. The van der Waals surface area contributed by atoms with Crippen molar-refractivity contribution in [2.45, 2.75) is 17.7 Å². The number of hydrogen-bond acceptors (Lipinski definition) is 5. The van der Waals surface area contributed by atoms with Crippen LogP contribution in [0.2, 0.25) is 0 Å². The van der Waals surface area contributed by atoms with Gasteiger partial charge in [-0.1, -0.05) is 0 Å². The van der Waals surface area contributed by atoms with Crippen LogP contribution in [-0.4, -0.2) is 61.8 Å². The summed E-state index contributed by atoms with van der Waals surface area (Å²) in [6.07, 6.45) is 1.14. The van der Waals surface area contributed by atoms with Crippen molar-refractivity contribution in [1.29, 1.82) is 0 Å². The summed E-state index contributed by atoms with van der Waals surface area (Å²) in [4.78, 5) is 25.2. The number of carbonyl (C=O) groups is 2. The number of carboxylic acids is 1. The Balaban J connectivity index is 2.28. The summed E-state index contributed by atoms with van der Waals surface area (Å²) in [6, 6.07) is 1.41. The van der Waals surface area contributed by atoms with Gasteiger partial charge in [-0.25, -0.2) is 12.7 Å². The second kappa shape index (κ2) is 6.35. The van der Waals surface area contributed by atoms with Gasteiger partial charge in [0.25, 0.3) is 5.91 Å². The average Bonchev–Trinajstić information content (AvgIpc) is 2.96. The number of carboxylic acid groups (broad SMARTS) is 1. The number of rotatable bonds is 4. The molecule has 1 aliphatic rings. The lowest BCUT2D eigenvalue weighted by Crippen LogP contribution is -2.42. The number of thiophene rings is 1. The number of nitrogens with zero attached hydrogens (tertiary/aromatic N) is 2. The number of piperidine rings is 1. The van der Waals surface area contributed by atoms with E-state index in [0.717, 1.165) is 15.6 Å². The standard InChI is InChI=1S/C13H18N2O5S2/c1-14(2)22(19,20)10-5-7-21-11(10)12(16)15-6-3-4-9(8-15)13(17)18/h5,7,9H,3-4,6,8H2,1-2H3,(H,17,18)/t9-/m0/s1. The van der Waals surface area contributed by atoms with E-state index in [-0.39, 0.29) is 16.3 Å². The molecule has 1 aromatic heterocycles. The lowest BCUT2D eigenvalue weighted by molar-refractivity contribution is -0.143. The predicted octanol–water partition coefficient (Wildman–Crippen LogP) is 0.935. The van der Waals surface area contributed by atoms with Crippen molar-refractivity contribution in [3.63, 3.8) is 0 Å². The van der Waals surface area contributed by atoms with Gasteiger partial charge in [0.1, 0.15) is 9.77 Å². The summed E-state index contributed by atoms with van der Waals surface area (Å²) in [5.41, 5.74) is 0. The quantitative estimate of drug-likeness (QED) is 0.875. The first-order valence-electron chi connectivity index (χ1n) is 6.77. The van der Waals surface area contributed by atoms with Crippen molar-refractivity contribution in [2.75, 3.05) is 27.2 Å². The summed E-state index contributed by atoms with van der Waals surface area (Å²) >= 11 is 1.06. The molecular formula is C13H18N2O5S2. The molecule has 1 fully saturated rings. The number of likely N-dealkylation sites (tertiary alicyclic amines) is 1. The minimum absolute atomic E-state index is 0.0232. The molecule has 22 heavy (non-hydrogen) atoms. The highest BCUT2D eigenvalue weighted by Crippen LogP contribution is 2.27. The van der Waals surface area contributed by atoms with Crippen LogP contribution in [-0.2, 0) is 14.8 Å². The van der Waals surface area contributed by atoms with Crippen molar-refractivity contribution in [1.82, 2.24) is 9.21 Å². The van der Waals surface area contributed by atoms with E-state index >= 15 is 0 Å². The van der Waals surface area contributed by atoms with Gasteiger partial charge in [-0.05, 0) is 24.3 Å². The van der Waals surface area contributed by atoms with Crippen molar-refractivity contribution in [3.8, 4) is 0 Å². The molecule has 0 bridgehead atoms. The third-order valence-corrected chi connectivity index (χ3v) is 6.53. The molecule has 2 heterocycles. The molecule has 7 nitrogen and oxygen atoms in total. The first kappa shape index (κ1) is 16.9. The fraction of sp³-hybridized carbons (Fsp3) is 0.538. The van der Waals surface area contributed by atoms with Crippen molar-refractivity contribution in [3.05, 3.63) is 16.3 Å². The van der Waals surface area contributed by atoms with Gasteiger partial charge in [-0.15, -0.1) is 11.3 Å². The molecular weight excluding hydrogens is 328 g/mol. The molecule has 2 rings (SSSR count). The van der Waals surface area contributed by atoms with Crippen LogP contribution in [0.25, 0.3) is 0 Å². The maximum Gasteiger partial charge on any atom is 0.308 e. The highest BCUT2D eigenvalue weighted by atomic mass is 32.2. The van der Waals surface area contributed by atoms with Gasteiger partial charge in [0.15, 0.2) is 0 Å². The molecule has 1 saturated heterocycles. The summed E-state index contributed by atoms with van der Waals surface area (Å²) in [6.45, 7) is 0.565. The zero-order chi connectivity index (χ0) is 16.5. The Morgan fingerprint density at radius 1 is 1.41 bits per heavy atom. The molecule has 0 aromatic carbocycles. The lowest BCUT2D eigenvalue weighted by Gasteiger charge is -2.30. The van der Waals surface area contributed by atoms with Crippen LogP contribution >= 0.6 is 11.3 Å². The molecule has 0 unspecified atom stereocenters. The van der Waals surface area contributed by atoms with Gasteiger partial charge in [0.05, 0.1) is 5.92 Å². The molecule has 1 amide bonds. The van der Waals surface area contributed by atoms with Crippen molar-refractivity contribution >= 4 is 33.2 Å². The van der Waals surface area contributed by atoms with E-state index in [2.05, 4.69) is 0 Å². The third kappa shape index (κ3) is 3.16. The predicted molar refractivity (Wildman–Crippen MR) is 81.5 cm³/mol. The second-order valence-electron chi connectivity index (χ2n) is 5.33. The van der Waals surface area contributed by atoms with Gasteiger partial charge >= 0.3 is 5.97 Å². The Morgan fingerprint density at radius 3 is 2.68 bits per heavy atom. The number of amides is 1. The van der Waals surface area contributed by atoms with E-state index in [1.807, 2.05) is 0 Å². The van der Waals surface area contributed by atoms with Gasteiger partial charge in [-0.3, -0.25) is 9.59 Å². The highest BCUT2D eigenvalue weighted by molar-refractivity contribution is 7.89. The molecule has 1 aromatic rings. The van der Waals surface area contributed by atoms with E-state index < -0.39 is 27.8 Å². The topological polar surface area (TPSA) is 95.0 Å². The number of sulfonamides is 1. The summed E-state index contributed by atoms with van der Waals surface area (Å²) in [7, 11) is -0.887. The zero-order valence-electron chi connectivity index (χ0n) is 12.4. The lowest BCUT2D eigenvalue weighted by atomic mass is 9.98. The summed E-state index contributed by atoms with van der Waals surface area (Å²) in [5.74, 6) is -1.93. The summed E-state index contributed by atoms with van der Waals surface area (Å²) in [5, 5.41) is 10.6. The Morgan fingerprint density at radius 2 is 2.09 bits per heavy atom. The van der Waals surface area contributed by atoms with Crippen LogP contribution in [0.15, 0.2) is 16.3 Å². The minimum atomic E-state index is -3.70. The molecule has 1 aliphatic heterocycles. The van der Waals surface area contributed by atoms with Gasteiger partial charge < -0.3 is 10.0 Å². The zero-order valence-corrected chi connectivity index (χ0v) is 14.0. The number of hydrogen-bond donors (Lipinski definition) is 1. The Hall–Kier alpha value is -1.45. The molecule has 9 heteroatoms. The molecule has 0 radical (unpaired) electrons. The van der Waals surface area contributed by atoms with Crippen LogP contribution in [0.3, 0.4) is 0 Å². The van der Waals surface area contributed by atoms with E-state index in [9.17, 15) is 18.0 Å². The Kier molecular flexibility index (Phi) is 4.88. The molecule has 1 atom stereocenters. The molecule has 0 saturated carbocycles. The Bertz CT molecular complexity index is 680. The van der Waals surface area contributed by atoms with Gasteiger partial charge in [-0.2, -0.15) is 0 Å². The normalized spacial score (nSPS) is 19.4. The third-order valence-electron chi connectivity index (χ3n) is 3.64. The van der Waals surface area contributed by atoms with E-state index in [4.69, 9.17) is 5.11 Å². The van der Waals surface area contributed by atoms with Crippen LogP contribution in [0.4, 0.5) is 0 Å². The van der Waals surface area contributed by atoms with Crippen molar-refractivity contribution in [2.24, 2.45) is 5.92 Å². The SMILES string of the molecule is CN(C)S(=O)(=O)c1ccsc1C(=O)N1CCC[C@H](C(=O)O)C1. The molecule has 1 N–H and O–H groups in total. The van der Waals surface area contributed by atoms with Crippen LogP contribution in [0.1, 0.15) is 22.5 Å². The van der Waals surface area contributed by atoms with Gasteiger partial charge in [0.2, 0.25) is 10.0 Å². The van der Waals surface area contributed by atoms with Gasteiger partial charge in [0, 0.05) is 27.2 Å².